The molecular formula is C20H24ClFN4O2. The fourth-order valence-corrected chi connectivity index (χ4v) is 3.14. The number of halogens is 2. The topological polar surface area (TPSA) is 58.6 Å². The lowest BCUT2D eigenvalue weighted by atomic mass is 9.91. The number of carbonyl (C=O) groups is 1. The SMILES string of the molecule is CC(C)(C)CC(=O)N1CCN(c2cc(Oc3ccc(F)c(Cl)c3)ncn2)CC1. The van der Waals surface area contributed by atoms with Crippen molar-refractivity contribution in [3.8, 4) is 11.6 Å². The van der Waals surface area contributed by atoms with Gasteiger partial charge in [0.05, 0.1) is 5.02 Å². The van der Waals surface area contributed by atoms with Gasteiger partial charge in [-0.1, -0.05) is 32.4 Å². The molecule has 1 aliphatic heterocycles. The molecular weight excluding hydrogens is 383 g/mol. The van der Waals surface area contributed by atoms with E-state index in [1.54, 1.807) is 6.07 Å². The van der Waals surface area contributed by atoms with E-state index in [-0.39, 0.29) is 16.3 Å². The molecule has 0 aliphatic carbocycles. The van der Waals surface area contributed by atoms with Crippen molar-refractivity contribution in [1.29, 1.82) is 0 Å². The number of anilines is 1. The summed E-state index contributed by atoms with van der Waals surface area (Å²) in [5.41, 5.74) is -0.0175. The predicted molar refractivity (Wildman–Crippen MR) is 106 cm³/mol. The highest BCUT2D eigenvalue weighted by atomic mass is 35.5. The van der Waals surface area contributed by atoms with E-state index in [1.807, 2.05) is 4.90 Å². The Labute approximate surface area is 169 Å². The van der Waals surface area contributed by atoms with Crippen molar-refractivity contribution in [2.24, 2.45) is 5.41 Å². The molecule has 3 rings (SSSR count). The number of hydrogen-bond acceptors (Lipinski definition) is 5. The van der Waals surface area contributed by atoms with Gasteiger partial charge >= 0.3 is 0 Å². The standard InChI is InChI=1S/C20H24ClFN4O2/c1-20(2,3)12-19(27)26-8-6-25(7-9-26)17-11-18(24-13-23-17)28-14-4-5-16(22)15(21)10-14/h4-5,10-11,13H,6-9,12H2,1-3H3. The number of nitrogens with zero attached hydrogens (tertiary/aromatic N) is 4. The van der Waals surface area contributed by atoms with Crippen LogP contribution in [-0.2, 0) is 4.79 Å². The van der Waals surface area contributed by atoms with Crippen LogP contribution in [-0.4, -0.2) is 47.0 Å². The van der Waals surface area contributed by atoms with Crippen molar-refractivity contribution >= 4 is 23.3 Å². The van der Waals surface area contributed by atoms with Gasteiger partial charge in [0.15, 0.2) is 0 Å². The van der Waals surface area contributed by atoms with Crippen LogP contribution in [0, 0.1) is 11.2 Å². The minimum absolute atomic E-state index is 0.0113. The number of piperazine rings is 1. The Morgan fingerprint density at radius 2 is 1.89 bits per heavy atom. The molecule has 1 saturated heterocycles. The minimum Gasteiger partial charge on any atom is -0.439 e. The summed E-state index contributed by atoms with van der Waals surface area (Å²) in [5.74, 6) is 1.15. The van der Waals surface area contributed by atoms with E-state index in [2.05, 4.69) is 35.6 Å². The lowest BCUT2D eigenvalue weighted by Gasteiger charge is -2.36. The monoisotopic (exact) mass is 406 g/mol. The summed E-state index contributed by atoms with van der Waals surface area (Å²) < 4.78 is 18.9. The second-order valence-electron chi connectivity index (χ2n) is 8.00. The van der Waals surface area contributed by atoms with Crippen molar-refractivity contribution in [2.75, 3.05) is 31.1 Å². The molecule has 1 amide bonds. The van der Waals surface area contributed by atoms with Gasteiger partial charge in [-0.25, -0.2) is 14.4 Å². The lowest BCUT2D eigenvalue weighted by Crippen LogP contribution is -2.49. The van der Waals surface area contributed by atoms with Crippen LogP contribution in [0.1, 0.15) is 27.2 Å². The summed E-state index contributed by atoms with van der Waals surface area (Å²) in [5, 5.41) is -0.0113. The Bertz CT molecular complexity index is 848. The summed E-state index contributed by atoms with van der Waals surface area (Å²) in [6, 6.07) is 5.86. The molecule has 0 atom stereocenters. The van der Waals surface area contributed by atoms with Gasteiger partial charge in [0.1, 0.15) is 23.7 Å². The van der Waals surface area contributed by atoms with Crippen molar-refractivity contribution in [3.05, 3.63) is 41.4 Å². The van der Waals surface area contributed by atoms with Crippen LogP contribution >= 0.6 is 11.6 Å². The molecule has 6 nitrogen and oxygen atoms in total. The first-order valence-corrected chi connectivity index (χ1v) is 9.57. The lowest BCUT2D eigenvalue weighted by molar-refractivity contribution is -0.133. The Hall–Kier alpha value is -2.41. The van der Waals surface area contributed by atoms with E-state index in [9.17, 15) is 9.18 Å². The first-order chi connectivity index (χ1) is 13.2. The number of benzene rings is 1. The van der Waals surface area contributed by atoms with Crippen LogP contribution in [0.25, 0.3) is 0 Å². The molecule has 2 aromatic rings. The molecule has 0 spiro atoms. The molecule has 8 heteroatoms. The normalized spacial score (nSPS) is 14.9. The van der Waals surface area contributed by atoms with Crippen molar-refractivity contribution in [3.63, 3.8) is 0 Å². The second kappa shape index (κ2) is 8.31. The largest absolute Gasteiger partial charge is 0.439 e. The van der Waals surface area contributed by atoms with E-state index < -0.39 is 5.82 Å². The molecule has 0 unspecified atom stereocenters. The molecule has 0 radical (unpaired) electrons. The molecule has 0 N–H and O–H groups in total. The summed E-state index contributed by atoms with van der Waals surface area (Å²) in [6.45, 7) is 8.89. The molecule has 150 valence electrons. The van der Waals surface area contributed by atoms with Crippen molar-refractivity contribution in [2.45, 2.75) is 27.2 Å². The summed E-state index contributed by atoms with van der Waals surface area (Å²) in [7, 11) is 0. The third-order valence-electron chi connectivity index (χ3n) is 4.38. The zero-order valence-electron chi connectivity index (χ0n) is 16.3. The third-order valence-corrected chi connectivity index (χ3v) is 4.67. The maximum absolute atomic E-state index is 13.3. The van der Waals surface area contributed by atoms with Crippen LogP contribution < -0.4 is 9.64 Å². The van der Waals surface area contributed by atoms with E-state index in [0.29, 0.717) is 44.2 Å². The highest BCUT2D eigenvalue weighted by molar-refractivity contribution is 6.30. The quantitative estimate of drug-likeness (QED) is 0.763. The van der Waals surface area contributed by atoms with Crippen molar-refractivity contribution < 1.29 is 13.9 Å². The Kier molecular flexibility index (Phi) is 6.03. The fraction of sp³-hybridized carbons (Fsp3) is 0.450. The number of amides is 1. The van der Waals surface area contributed by atoms with Gasteiger partial charge in [0.25, 0.3) is 0 Å². The molecule has 1 aromatic carbocycles. The van der Waals surface area contributed by atoms with Gasteiger partial charge in [-0.05, 0) is 17.5 Å². The van der Waals surface area contributed by atoms with E-state index in [0.717, 1.165) is 5.82 Å². The van der Waals surface area contributed by atoms with Crippen LogP contribution in [0.3, 0.4) is 0 Å². The van der Waals surface area contributed by atoms with Gasteiger partial charge in [0, 0.05) is 44.7 Å². The van der Waals surface area contributed by atoms with E-state index in [4.69, 9.17) is 16.3 Å². The highest BCUT2D eigenvalue weighted by Gasteiger charge is 2.25. The number of carbonyl (C=O) groups excluding carboxylic acids is 1. The summed E-state index contributed by atoms with van der Waals surface area (Å²) in [4.78, 5) is 24.8. The molecule has 1 fully saturated rings. The first kappa shape index (κ1) is 20.3. The molecule has 28 heavy (non-hydrogen) atoms. The third kappa shape index (κ3) is 5.32. The zero-order chi connectivity index (χ0) is 20.3. The fourth-order valence-electron chi connectivity index (χ4n) is 2.97. The Morgan fingerprint density at radius 3 is 2.54 bits per heavy atom. The maximum Gasteiger partial charge on any atom is 0.224 e. The average Bonchev–Trinajstić information content (AvgIpc) is 2.64. The van der Waals surface area contributed by atoms with Gasteiger partial charge < -0.3 is 14.5 Å². The summed E-state index contributed by atoms with van der Waals surface area (Å²) >= 11 is 5.78. The molecule has 0 bridgehead atoms. The maximum atomic E-state index is 13.3. The van der Waals surface area contributed by atoms with E-state index in [1.165, 1.54) is 24.5 Å². The molecule has 2 heterocycles. The number of hydrogen-bond donors (Lipinski definition) is 0. The molecule has 1 aromatic heterocycles. The zero-order valence-corrected chi connectivity index (χ0v) is 17.0. The second-order valence-corrected chi connectivity index (χ2v) is 8.40. The predicted octanol–water partition coefficient (Wildman–Crippen LogP) is 4.15. The van der Waals surface area contributed by atoms with Gasteiger partial charge in [0.2, 0.25) is 11.8 Å². The van der Waals surface area contributed by atoms with Gasteiger partial charge in [-0.15, -0.1) is 0 Å². The Balaban J connectivity index is 1.62. The Morgan fingerprint density at radius 1 is 1.18 bits per heavy atom. The number of rotatable bonds is 4. The van der Waals surface area contributed by atoms with Gasteiger partial charge in [-0.3, -0.25) is 4.79 Å². The minimum atomic E-state index is -0.503. The van der Waals surface area contributed by atoms with Crippen LogP contribution in [0.2, 0.25) is 5.02 Å². The van der Waals surface area contributed by atoms with Gasteiger partial charge in [-0.2, -0.15) is 0 Å². The number of aromatic nitrogens is 2. The van der Waals surface area contributed by atoms with Crippen LogP contribution in [0.15, 0.2) is 30.6 Å². The highest BCUT2D eigenvalue weighted by Crippen LogP contribution is 2.27. The first-order valence-electron chi connectivity index (χ1n) is 9.19. The smallest absolute Gasteiger partial charge is 0.224 e. The molecule has 1 aliphatic rings. The number of ether oxygens (including phenoxy) is 1. The van der Waals surface area contributed by atoms with Crippen LogP contribution in [0.5, 0.6) is 11.6 Å². The average molecular weight is 407 g/mol. The summed E-state index contributed by atoms with van der Waals surface area (Å²) in [6.07, 6.45) is 1.96. The van der Waals surface area contributed by atoms with E-state index >= 15 is 0 Å². The van der Waals surface area contributed by atoms with Crippen LogP contribution in [0.4, 0.5) is 10.2 Å². The molecule has 0 saturated carbocycles. The van der Waals surface area contributed by atoms with Crippen molar-refractivity contribution in [1.82, 2.24) is 14.9 Å².